The quantitative estimate of drug-likeness (QED) is 0.859. The van der Waals surface area contributed by atoms with Gasteiger partial charge in [0.05, 0.1) is 6.04 Å². The molecule has 19 heavy (non-hydrogen) atoms. The number of aryl methyl sites for hydroxylation is 1. The Balaban J connectivity index is 2.48. The van der Waals surface area contributed by atoms with Gasteiger partial charge in [-0.3, -0.25) is 4.79 Å². The van der Waals surface area contributed by atoms with E-state index in [2.05, 4.69) is 0 Å². The van der Waals surface area contributed by atoms with Crippen LogP contribution in [0.15, 0.2) is 18.2 Å². The minimum absolute atomic E-state index is 0.0650. The van der Waals surface area contributed by atoms with Gasteiger partial charge in [-0.2, -0.15) is 0 Å². The van der Waals surface area contributed by atoms with Crippen LogP contribution in [0.3, 0.4) is 0 Å². The molecule has 2 rings (SSSR count). The molecule has 104 valence electrons. The molecule has 2 N–H and O–H groups in total. The third-order valence-corrected chi connectivity index (χ3v) is 3.87. The normalized spacial score (nSPS) is 24.1. The van der Waals surface area contributed by atoms with Crippen molar-refractivity contribution >= 4 is 17.5 Å². The molecule has 1 aromatic rings. The molecule has 2 atom stereocenters. The van der Waals surface area contributed by atoms with Gasteiger partial charge in [-0.05, 0) is 51.0 Å². The molecule has 0 aliphatic carbocycles. The number of nitrogens with zero attached hydrogens (tertiary/aromatic N) is 1. The van der Waals surface area contributed by atoms with Gasteiger partial charge < -0.3 is 10.6 Å². The van der Waals surface area contributed by atoms with Gasteiger partial charge in [-0.25, -0.2) is 0 Å². The lowest BCUT2D eigenvalue weighted by molar-refractivity contribution is -0.133. The average Bonchev–Trinajstić information content (AvgIpc) is 2.53. The number of likely N-dealkylation sites (tertiary alicyclic amines) is 1. The van der Waals surface area contributed by atoms with Crippen LogP contribution in [0.2, 0.25) is 5.02 Å². The van der Waals surface area contributed by atoms with E-state index in [1.165, 1.54) is 0 Å². The van der Waals surface area contributed by atoms with E-state index < -0.39 is 0 Å². The maximum absolute atomic E-state index is 12.2. The Morgan fingerprint density at radius 2 is 2.00 bits per heavy atom. The molecule has 1 amide bonds. The van der Waals surface area contributed by atoms with Crippen LogP contribution in [0.5, 0.6) is 0 Å². The zero-order valence-electron chi connectivity index (χ0n) is 11.9. The lowest BCUT2D eigenvalue weighted by Gasteiger charge is -2.39. The number of hydrogen-bond donors (Lipinski definition) is 1. The fraction of sp³-hybridized carbons (Fsp3) is 0.533. The van der Waals surface area contributed by atoms with Crippen LogP contribution in [0, 0.1) is 6.92 Å². The van der Waals surface area contributed by atoms with Gasteiger partial charge in [0.15, 0.2) is 0 Å². The number of carbonyl (C=O) groups excluding carboxylic acids is 1. The first-order valence-electron chi connectivity index (χ1n) is 6.55. The standard InChI is InChI=1S/C15H21ClN2O/c1-9-7-10(16)5-6-11(9)14-12(17)8-13(19)18(14)15(2,3)4/h5-7,12,14H,8,17H2,1-4H3. The van der Waals surface area contributed by atoms with Crippen LogP contribution < -0.4 is 5.73 Å². The van der Waals surface area contributed by atoms with Crippen molar-refractivity contribution in [3.63, 3.8) is 0 Å². The van der Waals surface area contributed by atoms with Crippen molar-refractivity contribution < 1.29 is 4.79 Å². The van der Waals surface area contributed by atoms with Crippen molar-refractivity contribution in [1.29, 1.82) is 0 Å². The molecule has 0 radical (unpaired) electrons. The van der Waals surface area contributed by atoms with Crippen molar-refractivity contribution in [2.45, 2.75) is 51.7 Å². The average molecular weight is 281 g/mol. The Bertz CT molecular complexity index is 507. The lowest BCUT2D eigenvalue weighted by Crippen LogP contribution is -2.45. The highest BCUT2D eigenvalue weighted by Crippen LogP contribution is 2.39. The highest BCUT2D eigenvalue weighted by atomic mass is 35.5. The summed E-state index contributed by atoms with van der Waals surface area (Å²) in [5, 5.41) is 0.710. The van der Waals surface area contributed by atoms with Crippen LogP contribution in [0.4, 0.5) is 0 Å². The van der Waals surface area contributed by atoms with E-state index in [0.717, 1.165) is 11.1 Å². The molecule has 1 saturated heterocycles. The Morgan fingerprint density at radius 3 is 2.53 bits per heavy atom. The third-order valence-electron chi connectivity index (χ3n) is 3.64. The van der Waals surface area contributed by atoms with Crippen LogP contribution in [-0.2, 0) is 4.79 Å². The summed E-state index contributed by atoms with van der Waals surface area (Å²) >= 11 is 6.00. The summed E-state index contributed by atoms with van der Waals surface area (Å²) in [6.07, 6.45) is 0.407. The van der Waals surface area contributed by atoms with Crippen LogP contribution >= 0.6 is 11.6 Å². The zero-order valence-corrected chi connectivity index (χ0v) is 12.7. The molecule has 0 saturated carbocycles. The molecule has 0 bridgehead atoms. The number of nitrogens with two attached hydrogens (primary N) is 1. The second kappa shape index (κ2) is 4.80. The predicted octanol–water partition coefficient (Wildman–Crippen LogP) is 3.05. The van der Waals surface area contributed by atoms with E-state index in [1.807, 2.05) is 50.8 Å². The topological polar surface area (TPSA) is 46.3 Å². The SMILES string of the molecule is Cc1cc(Cl)ccc1C1C(N)CC(=O)N1C(C)(C)C. The molecule has 3 nitrogen and oxygen atoms in total. The largest absolute Gasteiger partial charge is 0.329 e. The highest BCUT2D eigenvalue weighted by Gasteiger charge is 2.44. The summed E-state index contributed by atoms with van der Waals surface area (Å²) < 4.78 is 0. The maximum atomic E-state index is 12.2. The fourth-order valence-corrected chi connectivity index (χ4v) is 3.12. The zero-order chi connectivity index (χ0) is 14.4. The van der Waals surface area contributed by atoms with Crippen LogP contribution in [0.25, 0.3) is 0 Å². The van der Waals surface area contributed by atoms with Crippen molar-refractivity contribution in [3.8, 4) is 0 Å². The van der Waals surface area contributed by atoms with Gasteiger partial charge in [0, 0.05) is 23.0 Å². The van der Waals surface area contributed by atoms with E-state index in [4.69, 9.17) is 17.3 Å². The van der Waals surface area contributed by atoms with E-state index in [1.54, 1.807) is 0 Å². The summed E-state index contributed by atoms with van der Waals surface area (Å²) in [5.41, 5.74) is 8.14. The summed E-state index contributed by atoms with van der Waals surface area (Å²) in [6, 6.07) is 5.55. The Kier molecular flexibility index (Phi) is 3.63. The molecule has 1 aromatic carbocycles. The van der Waals surface area contributed by atoms with Crippen LogP contribution in [0.1, 0.15) is 44.4 Å². The molecule has 1 aliphatic rings. The fourth-order valence-electron chi connectivity index (χ4n) is 2.89. The van der Waals surface area contributed by atoms with Crippen LogP contribution in [-0.4, -0.2) is 22.4 Å². The number of amides is 1. The number of halogens is 1. The maximum Gasteiger partial charge on any atom is 0.225 e. The summed E-state index contributed by atoms with van der Waals surface area (Å²) in [4.78, 5) is 14.1. The number of rotatable bonds is 1. The van der Waals surface area contributed by atoms with Crippen molar-refractivity contribution in [2.75, 3.05) is 0 Å². The van der Waals surface area contributed by atoms with Gasteiger partial charge in [0.25, 0.3) is 0 Å². The second-order valence-electron chi connectivity index (χ2n) is 6.25. The smallest absolute Gasteiger partial charge is 0.225 e. The molecule has 1 heterocycles. The van der Waals surface area contributed by atoms with E-state index in [-0.39, 0.29) is 23.5 Å². The van der Waals surface area contributed by atoms with Crippen molar-refractivity contribution in [3.05, 3.63) is 34.3 Å². The minimum atomic E-state index is -0.234. The van der Waals surface area contributed by atoms with Crippen molar-refractivity contribution in [1.82, 2.24) is 4.90 Å². The van der Waals surface area contributed by atoms with Gasteiger partial charge in [-0.15, -0.1) is 0 Å². The van der Waals surface area contributed by atoms with Gasteiger partial charge in [0.1, 0.15) is 0 Å². The molecule has 0 aromatic heterocycles. The van der Waals surface area contributed by atoms with E-state index in [9.17, 15) is 4.79 Å². The Hall–Kier alpha value is -1.06. The summed E-state index contributed by atoms with van der Waals surface area (Å²) in [6.45, 7) is 8.14. The minimum Gasteiger partial charge on any atom is -0.329 e. The number of benzene rings is 1. The Morgan fingerprint density at radius 1 is 1.37 bits per heavy atom. The van der Waals surface area contributed by atoms with E-state index in [0.29, 0.717) is 11.4 Å². The first-order chi connectivity index (χ1) is 8.71. The van der Waals surface area contributed by atoms with Gasteiger partial charge >= 0.3 is 0 Å². The molecular weight excluding hydrogens is 260 g/mol. The molecule has 1 aliphatic heterocycles. The third kappa shape index (κ3) is 2.63. The lowest BCUT2D eigenvalue weighted by atomic mass is 9.94. The molecular formula is C15H21ClN2O. The monoisotopic (exact) mass is 280 g/mol. The van der Waals surface area contributed by atoms with Gasteiger partial charge in [-0.1, -0.05) is 17.7 Å². The highest BCUT2D eigenvalue weighted by molar-refractivity contribution is 6.30. The molecule has 0 spiro atoms. The van der Waals surface area contributed by atoms with Crippen molar-refractivity contribution in [2.24, 2.45) is 5.73 Å². The molecule has 2 unspecified atom stereocenters. The summed E-state index contributed by atoms with van der Waals surface area (Å²) in [5.74, 6) is 0.124. The predicted molar refractivity (Wildman–Crippen MR) is 78.1 cm³/mol. The van der Waals surface area contributed by atoms with Gasteiger partial charge in [0.2, 0.25) is 5.91 Å². The Labute approximate surface area is 119 Å². The molecule has 4 heteroatoms. The first kappa shape index (κ1) is 14.4. The first-order valence-corrected chi connectivity index (χ1v) is 6.93. The molecule has 1 fully saturated rings. The summed E-state index contributed by atoms with van der Waals surface area (Å²) in [7, 11) is 0. The number of carbonyl (C=O) groups is 1. The second-order valence-corrected chi connectivity index (χ2v) is 6.68. The van der Waals surface area contributed by atoms with E-state index >= 15 is 0 Å². The number of hydrogen-bond acceptors (Lipinski definition) is 2.